The highest BCUT2D eigenvalue weighted by atomic mass is 16.4. The number of hydrogen-bond acceptors (Lipinski definition) is 3. The SMILES string of the molecule is CC(C)(C)O.CCc1c(C)c(CC(=O)O)c(/C=C/c2ccc(C)cc2)c(C)c1CC(C)N. The van der Waals surface area contributed by atoms with Crippen LogP contribution in [-0.4, -0.2) is 27.8 Å². The lowest BCUT2D eigenvalue weighted by Crippen LogP contribution is -2.21. The quantitative estimate of drug-likeness (QED) is 0.488. The summed E-state index contributed by atoms with van der Waals surface area (Å²) in [5.74, 6) is -0.801. The van der Waals surface area contributed by atoms with Crippen LogP contribution in [0, 0.1) is 20.8 Å². The van der Waals surface area contributed by atoms with Crippen LogP contribution in [0.25, 0.3) is 12.2 Å². The molecule has 0 radical (unpaired) electrons. The van der Waals surface area contributed by atoms with Crippen molar-refractivity contribution in [2.24, 2.45) is 5.73 Å². The van der Waals surface area contributed by atoms with Crippen molar-refractivity contribution >= 4 is 18.1 Å². The number of nitrogens with two attached hydrogens (primary N) is 1. The Hall–Kier alpha value is -2.43. The first-order valence-electron chi connectivity index (χ1n) is 11.3. The molecule has 2 aromatic rings. The molecule has 1 unspecified atom stereocenters. The molecule has 176 valence electrons. The summed E-state index contributed by atoms with van der Waals surface area (Å²) in [6.45, 7) is 15.6. The number of carbonyl (C=O) groups is 1. The summed E-state index contributed by atoms with van der Waals surface area (Å²) in [6.07, 6.45) is 5.84. The van der Waals surface area contributed by atoms with E-state index in [2.05, 4.69) is 57.2 Å². The molecule has 32 heavy (non-hydrogen) atoms. The summed E-state index contributed by atoms with van der Waals surface area (Å²) >= 11 is 0. The number of aliphatic carboxylic acids is 1. The first-order valence-corrected chi connectivity index (χ1v) is 11.3. The van der Waals surface area contributed by atoms with Crippen LogP contribution in [0.1, 0.15) is 79.1 Å². The van der Waals surface area contributed by atoms with Crippen molar-refractivity contribution in [1.82, 2.24) is 0 Å². The van der Waals surface area contributed by atoms with Crippen molar-refractivity contribution in [2.75, 3.05) is 0 Å². The van der Waals surface area contributed by atoms with E-state index in [1.54, 1.807) is 20.8 Å². The Labute approximate surface area is 194 Å². The number of aryl methyl sites for hydroxylation is 1. The summed E-state index contributed by atoms with van der Waals surface area (Å²) in [7, 11) is 0. The van der Waals surface area contributed by atoms with Crippen LogP contribution in [0.15, 0.2) is 24.3 Å². The number of rotatable bonds is 7. The van der Waals surface area contributed by atoms with E-state index in [0.29, 0.717) is 0 Å². The van der Waals surface area contributed by atoms with Gasteiger partial charge in [-0.05, 0) is 100 Å². The average Bonchev–Trinajstić information content (AvgIpc) is 2.65. The molecule has 0 saturated heterocycles. The van der Waals surface area contributed by atoms with E-state index in [1.807, 2.05) is 13.8 Å². The smallest absolute Gasteiger partial charge is 0.307 e. The van der Waals surface area contributed by atoms with E-state index in [9.17, 15) is 9.90 Å². The molecule has 0 aromatic heterocycles. The monoisotopic (exact) mass is 439 g/mol. The average molecular weight is 440 g/mol. The van der Waals surface area contributed by atoms with Gasteiger partial charge in [-0.3, -0.25) is 4.79 Å². The zero-order chi connectivity index (χ0) is 24.6. The Morgan fingerprint density at radius 3 is 1.97 bits per heavy atom. The van der Waals surface area contributed by atoms with Crippen LogP contribution in [0.5, 0.6) is 0 Å². The van der Waals surface area contributed by atoms with Crippen LogP contribution >= 0.6 is 0 Å². The lowest BCUT2D eigenvalue weighted by Gasteiger charge is -2.23. The fourth-order valence-corrected chi connectivity index (χ4v) is 3.76. The molecule has 0 aliphatic carbocycles. The number of carboxylic acid groups (broad SMARTS) is 1. The molecule has 0 aliphatic rings. The van der Waals surface area contributed by atoms with E-state index >= 15 is 0 Å². The molecule has 0 amide bonds. The second kappa shape index (κ2) is 12.0. The predicted octanol–water partition coefficient (Wildman–Crippen LogP) is 5.64. The lowest BCUT2D eigenvalue weighted by atomic mass is 9.83. The van der Waals surface area contributed by atoms with E-state index in [-0.39, 0.29) is 12.5 Å². The van der Waals surface area contributed by atoms with Gasteiger partial charge < -0.3 is 15.9 Å². The van der Waals surface area contributed by atoms with Crippen molar-refractivity contribution in [3.05, 3.63) is 68.8 Å². The van der Waals surface area contributed by atoms with E-state index in [1.165, 1.54) is 16.7 Å². The minimum absolute atomic E-state index is 0.0334. The van der Waals surface area contributed by atoms with Gasteiger partial charge in [-0.2, -0.15) is 0 Å². The molecule has 0 heterocycles. The fourth-order valence-electron chi connectivity index (χ4n) is 3.76. The van der Waals surface area contributed by atoms with Crippen molar-refractivity contribution in [3.8, 4) is 0 Å². The summed E-state index contributed by atoms with van der Waals surface area (Å²) in [5, 5.41) is 18.0. The summed E-state index contributed by atoms with van der Waals surface area (Å²) in [5.41, 5.74) is 14.6. The number of aliphatic hydroxyl groups is 1. The molecule has 4 heteroatoms. The zero-order valence-electron chi connectivity index (χ0n) is 21.0. The number of carboxylic acids is 1. The van der Waals surface area contributed by atoms with E-state index < -0.39 is 11.6 Å². The zero-order valence-corrected chi connectivity index (χ0v) is 21.0. The molecule has 0 spiro atoms. The number of hydrogen-bond donors (Lipinski definition) is 3. The summed E-state index contributed by atoms with van der Waals surface area (Å²) < 4.78 is 0. The van der Waals surface area contributed by atoms with Gasteiger partial charge in [-0.25, -0.2) is 0 Å². The van der Waals surface area contributed by atoms with Crippen LogP contribution in [-0.2, 0) is 24.1 Å². The maximum Gasteiger partial charge on any atom is 0.307 e. The Bertz CT molecular complexity index is 927. The van der Waals surface area contributed by atoms with Gasteiger partial charge >= 0.3 is 5.97 Å². The first-order chi connectivity index (χ1) is 14.7. The van der Waals surface area contributed by atoms with Gasteiger partial charge in [0.15, 0.2) is 0 Å². The molecule has 0 fully saturated rings. The maximum absolute atomic E-state index is 11.5. The fraction of sp³-hybridized carbons (Fsp3) is 0.464. The maximum atomic E-state index is 11.5. The third-order valence-electron chi connectivity index (χ3n) is 5.18. The standard InChI is InChI=1S/C24H31NO2.C4H10O/c1-6-20-17(4)23(14-24(26)27)21(18(5)22(20)13-16(3)25)12-11-19-9-7-15(2)8-10-19;1-4(2,3)5/h7-12,16H,6,13-14,25H2,1-5H3,(H,26,27);5H,1-3H3/b12-11+;. The predicted molar refractivity (Wildman–Crippen MR) is 136 cm³/mol. The van der Waals surface area contributed by atoms with Gasteiger partial charge in [-0.1, -0.05) is 48.9 Å². The highest BCUT2D eigenvalue weighted by Gasteiger charge is 2.19. The van der Waals surface area contributed by atoms with Gasteiger partial charge in [0.05, 0.1) is 12.0 Å². The van der Waals surface area contributed by atoms with Crippen LogP contribution < -0.4 is 5.73 Å². The Kier molecular flexibility index (Phi) is 10.3. The molecule has 4 nitrogen and oxygen atoms in total. The molecular weight excluding hydrogens is 398 g/mol. The van der Waals surface area contributed by atoms with Crippen molar-refractivity contribution in [1.29, 1.82) is 0 Å². The lowest BCUT2D eigenvalue weighted by molar-refractivity contribution is -0.136. The van der Waals surface area contributed by atoms with Crippen LogP contribution in [0.3, 0.4) is 0 Å². The van der Waals surface area contributed by atoms with E-state index in [0.717, 1.165) is 40.7 Å². The molecule has 0 saturated carbocycles. The molecule has 0 bridgehead atoms. The second-order valence-corrected chi connectivity index (χ2v) is 9.62. The third-order valence-corrected chi connectivity index (χ3v) is 5.18. The molecule has 4 N–H and O–H groups in total. The third kappa shape index (κ3) is 8.97. The summed E-state index contributed by atoms with van der Waals surface area (Å²) in [6, 6.07) is 8.38. The van der Waals surface area contributed by atoms with Crippen molar-refractivity contribution < 1.29 is 15.0 Å². The Morgan fingerprint density at radius 1 is 1.00 bits per heavy atom. The molecule has 1 atom stereocenters. The van der Waals surface area contributed by atoms with Gasteiger partial charge in [0.1, 0.15) is 0 Å². The highest BCUT2D eigenvalue weighted by Crippen LogP contribution is 2.31. The van der Waals surface area contributed by atoms with Crippen LogP contribution in [0.2, 0.25) is 0 Å². The molecule has 0 aliphatic heterocycles. The van der Waals surface area contributed by atoms with Gasteiger partial charge in [-0.15, -0.1) is 0 Å². The largest absolute Gasteiger partial charge is 0.481 e. The Balaban J connectivity index is 0.000000920. The molecule has 2 aromatic carbocycles. The van der Waals surface area contributed by atoms with Crippen LogP contribution in [0.4, 0.5) is 0 Å². The normalized spacial score (nSPS) is 12.4. The van der Waals surface area contributed by atoms with Gasteiger partial charge in [0.2, 0.25) is 0 Å². The topological polar surface area (TPSA) is 83.5 Å². The minimum Gasteiger partial charge on any atom is -0.481 e. The molecule has 2 rings (SSSR count). The number of benzene rings is 2. The molecular formula is C28H41NO3. The highest BCUT2D eigenvalue weighted by molar-refractivity contribution is 5.79. The van der Waals surface area contributed by atoms with E-state index in [4.69, 9.17) is 10.8 Å². The second-order valence-electron chi connectivity index (χ2n) is 9.62. The summed E-state index contributed by atoms with van der Waals surface area (Å²) in [4.78, 5) is 11.5. The van der Waals surface area contributed by atoms with Gasteiger partial charge in [0, 0.05) is 6.04 Å². The van der Waals surface area contributed by atoms with Crippen molar-refractivity contribution in [3.63, 3.8) is 0 Å². The first kappa shape index (κ1) is 27.6. The van der Waals surface area contributed by atoms with Gasteiger partial charge in [0.25, 0.3) is 0 Å². The Morgan fingerprint density at radius 2 is 1.53 bits per heavy atom. The minimum atomic E-state index is -0.801. The van der Waals surface area contributed by atoms with Crippen molar-refractivity contribution in [2.45, 2.75) is 86.3 Å².